The Bertz CT molecular complexity index is 271. The molecule has 0 aliphatic rings. The SMILES string of the molecule is COC(=O)CCN(C)C(C)C(=O)NC(C)(C)C. The van der Waals surface area contributed by atoms with E-state index in [-0.39, 0.29) is 23.5 Å². The second-order valence-corrected chi connectivity index (χ2v) is 5.22. The van der Waals surface area contributed by atoms with Gasteiger partial charge in [-0.05, 0) is 34.7 Å². The first kappa shape index (κ1) is 15.9. The van der Waals surface area contributed by atoms with Crippen molar-refractivity contribution in [2.75, 3.05) is 20.7 Å². The van der Waals surface area contributed by atoms with Gasteiger partial charge in [0, 0.05) is 12.1 Å². The van der Waals surface area contributed by atoms with Gasteiger partial charge < -0.3 is 10.1 Å². The molecule has 0 aliphatic heterocycles. The lowest BCUT2D eigenvalue weighted by Crippen LogP contribution is -2.50. The summed E-state index contributed by atoms with van der Waals surface area (Å²) < 4.78 is 4.56. The molecule has 17 heavy (non-hydrogen) atoms. The largest absolute Gasteiger partial charge is 0.469 e. The van der Waals surface area contributed by atoms with Crippen molar-refractivity contribution in [2.24, 2.45) is 0 Å². The van der Waals surface area contributed by atoms with Crippen LogP contribution in [0.3, 0.4) is 0 Å². The number of esters is 1. The van der Waals surface area contributed by atoms with Gasteiger partial charge in [-0.3, -0.25) is 14.5 Å². The van der Waals surface area contributed by atoms with Crippen molar-refractivity contribution < 1.29 is 14.3 Å². The van der Waals surface area contributed by atoms with Crippen molar-refractivity contribution in [1.29, 1.82) is 0 Å². The van der Waals surface area contributed by atoms with Crippen molar-refractivity contribution in [3.63, 3.8) is 0 Å². The second kappa shape index (κ2) is 6.59. The Kier molecular flexibility index (Phi) is 6.16. The monoisotopic (exact) mass is 244 g/mol. The van der Waals surface area contributed by atoms with Crippen LogP contribution in [0.1, 0.15) is 34.1 Å². The molecule has 0 heterocycles. The number of carbonyl (C=O) groups is 2. The quantitative estimate of drug-likeness (QED) is 0.726. The maximum atomic E-state index is 11.8. The Balaban J connectivity index is 4.16. The molecule has 5 heteroatoms. The van der Waals surface area contributed by atoms with Gasteiger partial charge in [-0.15, -0.1) is 0 Å². The van der Waals surface area contributed by atoms with Gasteiger partial charge in [0.2, 0.25) is 5.91 Å². The van der Waals surface area contributed by atoms with Crippen LogP contribution in [-0.2, 0) is 14.3 Å². The minimum Gasteiger partial charge on any atom is -0.469 e. The van der Waals surface area contributed by atoms with Gasteiger partial charge in [0.15, 0.2) is 0 Å². The number of nitrogens with zero attached hydrogens (tertiary/aromatic N) is 1. The Morgan fingerprint density at radius 3 is 2.29 bits per heavy atom. The fraction of sp³-hybridized carbons (Fsp3) is 0.833. The third-order valence-corrected chi connectivity index (χ3v) is 2.44. The van der Waals surface area contributed by atoms with Crippen molar-refractivity contribution >= 4 is 11.9 Å². The molecular weight excluding hydrogens is 220 g/mol. The van der Waals surface area contributed by atoms with Gasteiger partial charge in [-0.2, -0.15) is 0 Å². The summed E-state index contributed by atoms with van der Waals surface area (Å²) in [5.74, 6) is -0.301. The average molecular weight is 244 g/mol. The van der Waals surface area contributed by atoms with E-state index in [4.69, 9.17) is 0 Å². The van der Waals surface area contributed by atoms with Crippen LogP contribution in [0.4, 0.5) is 0 Å². The number of rotatable bonds is 5. The minimum atomic E-state index is -0.265. The number of amides is 1. The first-order valence-electron chi connectivity index (χ1n) is 5.76. The van der Waals surface area contributed by atoms with Crippen molar-refractivity contribution in [1.82, 2.24) is 10.2 Å². The zero-order valence-corrected chi connectivity index (χ0v) is 11.7. The van der Waals surface area contributed by atoms with E-state index in [0.29, 0.717) is 13.0 Å². The van der Waals surface area contributed by atoms with Gasteiger partial charge in [0.1, 0.15) is 0 Å². The zero-order valence-electron chi connectivity index (χ0n) is 11.7. The molecule has 1 N–H and O–H groups in total. The summed E-state index contributed by atoms with van der Waals surface area (Å²) in [6.45, 7) is 8.13. The third-order valence-electron chi connectivity index (χ3n) is 2.44. The maximum Gasteiger partial charge on any atom is 0.306 e. The van der Waals surface area contributed by atoms with Crippen LogP contribution in [0.2, 0.25) is 0 Å². The molecule has 0 aliphatic carbocycles. The van der Waals surface area contributed by atoms with Crippen LogP contribution < -0.4 is 5.32 Å². The van der Waals surface area contributed by atoms with E-state index in [1.807, 2.05) is 39.6 Å². The average Bonchev–Trinajstić information content (AvgIpc) is 2.21. The van der Waals surface area contributed by atoms with Gasteiger partial charge >= 0.3 is 5.97 Å². The Hall–Kier alpha value is -1.10. The van der Waals surface area contributed by atoms with Crippen molar-refractivity contribution in [3.05, 3.63) is 0 Å². The lowest BCUT2D eigenvalue weighted by atomic mass is 10.1. The Morgan fingerprint density at radius 1 is 1.35 bits per heavy atom. The van der Waals surface area contributed by atoms with Crippen LogP contribution >= 0.6 is 0 Å². The molecule has 0 saturated carbocycles. The standard InChI is InChI=1S/C12H24N2O3/c1-9(11(16)13-12(2,3)4)14(5)8-7-10(15)17-6/h9H,7-8H2,1-6H3,(H,13,16). The van der Waals surface area contributed by atoms with Crippen LogP contribution in [0.5, 0.6) is 0 Å². The topological polar surface area (TPSA) is 58.6 Å². The van der Waals surface area contributed by atoms with Gasteiger partial charge in [0.25, 0.3) is 0 Å². The molecule has 0 fully saturated rings. The zero-order chi connectivity index (χ0) is 13.6. The number of hydrogen-bond acceptors (Lipinski definition) is 4. The van der Waals surface area contributed by atoms with E-state index in [1.54, 1.807) is 0 Å². The van der Waals surface area contributed by atoms with E-state index in [2.05, 4.69) is 10.1 Å². The number of methoxy groups -OCH3 is 1. The summed E-state index contributed by atoms with van der Waals surface area (Å²) in [5, 5.41) is 2.90. The Morgan fingerprint density at radius 2 is 1.88 bits per heavy atom. The second-order valence-electron chi connectivity index (χ2n) is 5.22. The number of hydrogen-bond donors (Lipinski definition) is 1. The number of ether oxygens (including phenoxy) is 1. The molecule has 0 aromatic carbocycles. The highest BCUT2D eigenvalue weighted by Crippen LogP contribution is 2.03. The summed E-state index contributed by atoms with van der Waals surface area (Å²) >= 11 is 0. The highest BCUT2D eigenvalue weighted by atomic mass is 16.5. The van der Waals surface area contributed by atoms with E-state index in [9.17, 15) is 9.59 Å². The lowest BCUT2D eigenvalue weighted by Gasteiger charge is -2.28. The number of nitrogens with one attached hydrogen (secondary N) is 1. The minimum absolute atomic E-state index is 0.0372. The Labute approximate surface area is 103 Å². The fourth-order valence-electron chi connectivity index (χ4n) is 1.24. The highest BCUT2D eigenvalue weighted by Gasteiger charge is 2.22. The van der Waals surface area contributed by atoms with Crippen LogP contribution in [0.15, 0.2) is 0 Å². The molecule has 0 spiro atoms. The molecular formula is C12H24N2O3. The molecule has 0 bridgehead atoms. The predicted octanol–water partition coefficient (Wildman–Crippen LogP) is 0.785. The summed E-state index contributed by atoms with van der Waals surface area (Å²) in [7, 11) is 3.17. The molecule has 0 aromatic rings. The van der Waals surface area contributed by atoms with Gasteiger partial charge in [0.05, 0.1) is 19.6 Å². The first-order chi connectivity index (χ1) is 7.67. The van der Waals surface area contributed by atoms with Crippen LogP contribution in [-0.4, -0.2) is 49.1 Å². The molecule has 1 amide bonds. The van der Waals surface area contributed by atoms with E-state index >= 15 is 0 Å². The maximum absolute atomic E-state index is 11.8. The molecule has 1 atom stereocenters. The smallest absolute Gasteiger partial charge is 0.306 e. The van der Waals surface area contributed by atoms with E-state index in [0.717, 1.165) is 0 Å². The summed E-state index contributed by atoms with van der Waals surface area (Å²) in [5.41, 5.74) is -0.242. The number of likely N-dealkylation sites (N-methyl/N-ethyl adjacent to an activating group) is 1. The molecule has 0 aromatic heterocycles. The summed E-state index contributed by atoms with van der Waals surface area (Å²) in [4.78, 5) is 24.7. The predicted molar refractivity (Wildman–Crippen MR) is 66.6 cm³/mol. The first-order valence-corrected chi connectivity index (χ1v) is 5.76. The summed E-state index contributed by atoms with van der Waals surface area (Å²) in [6, 6.07) is -0.265. The summed E-state index contributed by atoms with van der Waals surface area (Å²) in [6.07, 6.45) is 0.292. The van der Waals surface area contributed by atoms with Gasteiger partial charge in [-0.25, -0.2) is 0 Å². The fourth-order valence-corrected chi connectivity index (χ4v) is 1.24. The van der Waals surface area contributed by atoms with Crippen LogP contribution in [0.25, 0.3) is 0 Å². The normalized spacial score (nSPS) is 13.4. The van der Waals surface area contributed by atoms with Crippen molar-refractivity contribution in [3.8, 4) is 0 Å². The van der Waals surface area contributed by atoms with E-state index in [1.165, 1.54) is 7.11 Å². The molecule has 0 rings (SSSR count). The molecule has 100 valence electrons. The third kappa shape index (κ3) is 6.94. The molecule has 5 nitrogen and oxygen atoms in total. The van der Waals surface area contributed by atoms with Crippen LogP contribution in [0, 0.1) is 0 Å². The van der Waals surface area contributed by atoms with E-state index < -0.39 is 0 Å². The molecule has 0 saturated heterocycles. The number of carbonyl (C=O) groups excluding carboxylic acids is 2. The van der Waals surface area contributed by atoms with Crippen molar-refractivity contribution in [2.45, 2.75) is 45.7 Å². The lowest BCUT2D eigenvalue weighted by molar-refractivity contribution is -0.141. The molecule has 0 radical (unpaired) electrons. The molecule has 1 unspecified atom stereocenters. The van der Waals surface area contributed by atoms with Gasteiger partial charge in [-0.1, -0.05) is 0 Å². The highest BCUT2D eigenvalue weighted by molar-refractivity contribution is 5.82.